The van der Waals surface area contributed by atoms with Crippen LogP contribution in [0.5, 0.6) is 0 Å². The summed E-state index contributed by atoms with van der Waals surface area (Å²) in [5.41, 5.74) is 7.39. The zero-order valence-corrected chi connectivity index (χ0v) is 15.8. The van der Waals surface area contributed by atoms with Crippen molar-refractivity contribution < 1.29 is 0 Å². The third kappa shape index (κ3) is 3.23. The molecule has 0 spiro atoms. The van der Waals surface area contributed by atoms with Crippen molar-refractivity contribution in [3.05, 3.63) is 28.3 Å². The Kier molecular flexibility index (Phi) is 4.60. The van der Waals surface area contributed by atoms with Gasteiger partial charge in [0.2, 0.25) is 11.1 Å². The monoisotopic (exact) mass is 370 g/mol. The second-order valence-corrected chi connectivity index (χ2v) is 8.39. The van der Waals surface area contributed by atoms with Gasteiger partial charge in [0.15, 0.2) is 0 Å². The minimum atomic E-state index is 0.490. The summed E-state index contributed by atoms with van der Waals surface area (Å²) in [6.07, 6.45) is 9.75. The molecule has 1 fully saturated rings. The van der Waals surface area contributed by atoms with E-state index in [0.29, 0.717) is 6.04 Å². The van der Waals surface area contributed by atoms with Gasteiger partial charge >= 0.3 is 0 Å². The SMILES string of the molecule is c1c2c(c(Nc3nc(SNC4CCCNC4)n[nH]3)c3c1CCC3)CCC2. The van der Waals surface area contributed by atoms with Crippen molar-refractivity contribution in [2.24, 2.45) is 0 Å². The molecule has 7 heteroatoms. The van der Waals surface area contributed by atoms with Crippen molar-refractivity contribution in [1.29, 1.82) is 0 Å². The largest absolute Gasteiger partial charge is 0.324 e. The van der Waals surface area contributed by atoms with Crippen LogP contribution in [0.4, 0.5) is 11.6 Å². The number of aromatic amines is 1. The summed E-state index contributed by atoms with van der Waals surface area (Å²) in [6, 6.07) is 2.95. The Labute approximate surface area is 158 Å². The number of hydrogen-bond donors (Lipinski definition) is 4. The van der Waals surface area contributed by atoms with Gasteiger partial charge in [-0.3, -0.25) is 4.72 Å². The van der Waals surface area contributed by atoms with E-state index < -0.39 is 0 Å². The second-order valence-electron chi connectivity index (χ2n) is 7.59. The molecule has 2 aliphatic carbocycles. The summed E-state index contributed by atoms with van der Waals surface area (Å²) in [5, 5.41) is 15.2. The summed E-state index contributed by atoms with van der Waals surface area (Å²) < 4.78 is 3.48. The van der Waals surface area contributed by atoms with Gasteiger partial charge in [-0.1, -0.05) is 6.07 Å². The van der Waals surface area contributed by atoms with Crippen LogP contribution in [0.1, 0.15) is 47.9 Å². The molecule has 0 radical (unpaired) electrons. The van der Waals surface area contributed by atoms with Crippen LogP contribution < -0.4 is 15.4 Å². The molecule has 1 saturated heterocycles. The molecule has 0 amide bonds. The second kappa shape index (κ2) is 7.21. The first-order valence-electron chi connectivity index (χ1n) is 9.86. The van der Waals surface area contributed by atoms with Gasteiger partial charge in [0.1, 0.15) is 0 Å². The van der Waals surface area contributed by atoms with Gasteiger partial charge in [0.25, 0.3) is 0 Å². The van der Waals surface area contributed by atoms with Crippen molar-refractivity contribution in [2.45, 2.75) is 62.6 Å². The van der Waals surface area contributed by atoms with E-state index in [1.165, 1.54) is 91.3 Å². The molecule has 1 unspecified atom stereocenters. The van der Waals surface area contributed by atoms with Gasteiger partial charge in [-0.25, -0.2) is 5.10 Å². The van der Waals surface area contributed by atoms with E-state index in [2.05, 4.69) is 36.6 Å². The highest BCUT2D eigenvalue weighted by molar-refractivity contribution is 7.97. The van der Waals surface area contributed by atoms with Crippen molar-refractivity contribution in [3.63, 3.8) is 0 Å². The van der Waals surface area contributed by atoms with Gasteiger partial charge < -0.3 is 10.6 Å². The lowest BCUT2D eigenvalue weighted by Gasteiger charge is -2.22. The molecule has 2 heterocycles. The van der Waals surface area contributed by atoms with Crippen LogP contribution in [0, 0.1) is 0 Å². The average Bonchev–Trinajstić information content (AvgIpc) is 3.41. The standard InChI is InChI=1S/C19H26N6S/c1-4-12-10-13-5-2-8-16(13)17(15(12)7-1)21-18-22-19(24-23-18)26-25-14-6-3-9-20-11-14/h10,14,20,25H,1-9,11H2,(H2,21,22,23,24). The average molecular weight is 371 g/mol. The number of nitrogens with one attached hydrogen (secondary N) is 4. The minimum absolute atomic E-state index is 0.490. The van der Waals surface area contributed by atoms with Crippen molar-refractivity contribution in [2.75, 3.05) is 18.4 Å². The van der Waals surface area contributed by atoms with Gasteiger partial charge in [-0.2, -0.15) is 4.98 Å². The molecule has 26 heavy (non-hydrogen) atoms. The van der Waals surface area contributed by atoms with E-state index >= 15 is 0 Å². The number of rotatable bonds is 5. The number of aryl methyl sites for hydroxylation is 2. The Bertz CT molecular complexity index is 763. The molecule has 1 atom stereocenters. The fourth-order valence-corrected chi connectivity index (χ4v) is 5.22. The van der Waals surface area contributed by atoms with E-state index in [-0.39, 0.29) is 0 Å². The Hall–Kier alpha value is -1.57. The first-order valence-corrected chi connectivity index (χ1v) is 10.7. The van der Waals surface area contributed by atoms with Crippen molar-refractivity contribution >= 4 is 23.6 Å². The summed E-state index contributed by atoms with van der Waals surface area (Å²) in [6.45, 7) is 2.15. The van der Waals surface area contributed by atoms with Crippen LogP contribution in [0.2, 0.25) is 0 Å². The minimum Gasteiger partial charge on any atom is -0.324 e. The number of hydrogen-bond acceptors (Lipinski definition) is 6. The molecule has 138 valence electrons. The van der Waals surface area contributed by atoms with Gasteiger partial charge in [0.05, 0.1) is 0 Å². The first-order chi connectivity index (χ1) is 12.9. The summed E-state index contributed by atoms with van der Waals surface area (Å²) in [4.78, 5) is 4.64. The molecule has 2 aromatic rings. The first kappa shape index (κ1) is 16.6. The lowest BCUT2D eigenvalue weighted by molar-refractivity contribution is 0.441. The number of benzene rings is 1. The molecule has 5 rings (SSSR count). The lowest BCUT2D eigenvalue weighted by Crippen LogP contribution is -2.40. The van der Waals surface area contributed by atoms with Crippen molar-refractivity contribution in [1.82, 2.24) is 25.2 Å². The molecular weight excluding hydrogens is 344 g/mol. The van der Waals surface area contributed by atoms with E-state index in [9.17, 15) is 0 Å². The smallest absolute Gasteiger partial charge is 0.225 e. The number of fused-ring (bicyclic) bond motifs is 2. The third-order valence-corrected chi connectivity index (χ3v) is 6.61. The van der Waals surface area contributed by atoms with E-state index in [1.54, 1.807) is 0 Å². The van der Waals surface area contributed by atoms with Crippen LogP contribution in [0.3, 0.4) is 0 Å². The molecule has 1 aromatic heterocycles. The van der Waals surface area contributed by atoms with E-state index in [0.717, 1.165) is 24.2 Å². The summed E-state index contributed by atoms with van der Waals surface area (Å²) >= 11 is 1.53. The zero-order valence-electron chi connectivity index (χ0n) is 15.0. The third-order valence-electron chi connectivity index (χ3n) is 5.80. The predicted molar refractivity (Wildman–Crippen MR) is 105 cm³/mol. The maximum absolute atomic E-state index is 4.64. The van der Waals surface area contributed by atoms with Crippen LogP contribution in [-0.4, -0.2) is 34.3 Å². The molecule has 4 N–H and O–H groups in total. The lowest BCUT2D eigenvalue weighted by atomic mass is 9.99. The molecule has 1 aromatic carbocycles. The Morgan fingerprint density at radius 2 is 1.85 bits per heavy atom. The number of aromatic nitrogens is 3. The normalized spacial score (nSPS) is 21.6. The Morgan fingerprint density at radius 3 is 2.58 bits per heavy atom. The quantitative estimate of drug-likeness (QED) is 0.606. The summed E-state index contributed by atoms with van der Waals surface area (Å²) in [7, 11) is 0. The maximum Gasteiger partial charge on any atom is 0.225 e. The van der Waals surface area contributed by atoms with Gasteiger partial charge in [0, 0.05) is 18.3 Å². The fraction of sp³-hybridized carbons (Fsp3) is 0.579. The molecular formula is C19H26N6S. The number of anilines is 2. The van der Waals surface area contributed by atoms with Crippen LogP contribution >= 0.6 is 11.9 Å². The highest BCUT2D eigenvalue weighted by Crippen LogP contribution is 2.39. The molecule has 0 saturated carbocycles. The van der Waals surface area contributed by atoms with Crippen LogP contribution in [0.15, 0.2) is 11.2 Å². The van der Waals surface area contributed by atoms with Gasteiger partial charge in [-0.05, 0) is 92.1 Å². The van der Waals surface area contributed by atoms with Crippen LogP contribution in [0.25, 0.3) is 0 Å². The molecule has 6 nitrogen and oxygen atoms in total. The highest BCUT2D eigenvalue weighted by Gasteiger charge is 2.24. The molecule has 0 bridgehead atoms. The predicted octanol–water partition coefficient (Wildman–Crippen LogP) is 2.87. The van der Waals surface area contributed by atoms with E-state index in [1.807, 2.05) is 0 Å². The van der Waals surface area contributed by atoms with E-state index in [4.69, 9.17) is 0 Å². The van der Waals surface area contributed by atoms with Crippen molar-refractivity contribution in [3.8, 4) is 0 Å². The Balaban J connectivity index is 1.31. The highest BCUT2D eigenvalue weighted by atomic mass is 32.2. The molecule has 1 aliphatic heterocycles. The maximum atomic E-state index is 4.64. The number of nitrogens with zero attached hydrogens (tertiary/aromatic N) is 2. The zero-order chi connectivity index (χ0) is 17.3. The number of piperidine rings is 1. The number of H-pyrrole nitrogens is 1. The summed E-state index contributed by atoms with van der Waals surface area (Å²) in [5.74, 6) is 0.755. The topological polar surface area (TPSA) is 77.7 Å². The Morgan fingerprint density at radius 1 is 1.04 bits per heavy atom. The molecule has 3 aliphatic rings. The fourth-order valence-electron chi connectivity index (χ4n) is 4.52. The van der Waals surface area contributed by atoms with Crippen LogP contribution in [-0.2, 0) is 25.7 Å². The van der Waals surface area contributed by atoms with Gasteiger partial charge in [-0.15, -0.1) is 5.10 Å².